The van der Waals surface area contributed by atoms with Gasteiger partial charge in [-0.15, -0.1) is 0 Å². The van der Waals surface area contributed by atoms with Crippen molar-refractivity contribution in [1.82, 2.24) is 10.6 Å². The number of benzene rings is 1. The summed E-state index contributed by atoms with van der Waals surface area (Å²) >= 11 is 3.85. The van der Waals surface area contributed by atoms with Gasteiger partial charge in [0.2, 0.25) is 11.8 Å². The van der Waals surface area contributed by atoms with E-state index < -0.39 is 48.3 Å². The molecule has 0 aliphatic heterocycles. The Bertz CT molecular complexity index is 696. The summed E-state index contributed by atoms with van der Waals surface area (Å²) in [5.74, 6) is -4.48. The number of nitrogens with two attached hydrogens (primary N) is 1. The van der Waals surface area contributed by atoms with Gasteiger partial charge in [0, 0.05) is 12.2 Å². The van der Waals surface area contributed by atoms with E-state index in [2.05, 4.69) is 23.3 Å². The number of amides is 2. The zero-order valence-electron chi connectivity index (χ0n) is 14.2. The fourth-order valence-electron chi connectivity index (χ4n) is 2.09. The van der Waals surface area contributed by atoms with E-state index in [0.717, 1.165) is 0 Å². The van der Waals surface area contributed by atoms with Crippen molar-refractivity contribution in [3.63, 3.8) is 0 Å². The molecule has 0 fully saturated rings. The van der Waals surface area contributed by atoms with E-state index in [4.69, 9.17) is 10.8 Å². The van der Waals surface area contributed by atoms with E-state index >= 15 is 0 Å². The minimum absolute atomic E-state index is 0.000534. The Morgan fingerprint density at radius 2 is 1.56 bits per heavy atom. The second-order valence-corrected chi connectivity index (χ2v) is 6.08. The van der Waals surface area contributed by atoms with Crippen molar-refractivity contribution in [3.05, 3.63) is 29.8 Å². The number of aromatic hydroxyl groups is 1. The monoisotopic (exact) mass is 399 g/mol. The lowest BCUT2D eigenvalue weighted by Crippen LogP contribution is -2.55. The number of carbonyl (C=O) groups is 4. The number of carbonyl (C=O) groups excluding carboxylic acids is 2. The van der Waals surface area contributed by atoms with Gasteiger partial charge in [0.15, 0.2) is 0 Å². The van der Waals surface area contributed by atoms with E-state index in [1.165, 1.54) is 24.3 Å². The summed E-state index contributed by atoms with van der Waals surface area (Å²) in [5, 5.41) is 31.9. The van der Waals surface area contributed by atoms with Crippen LogP contribution in [0.25, 0.3) is 0 Å². The molecular formula is C16H21N3O7S. The van der Waals surface area contributed by atoms with Crippen LogP contribution in [-0.2, 0) is 25.6 Å². The smallest absolute Gasteiger partial charge is 0.326 e. The molecule has 3 atom stereocenters. The first kappa shape index (κ1) is 22.3. The van der Waals surface area contributed by atoms with Gasteiger partial charge in [-0.3, -0.25) is 14.4 Å². The highest BCUT2D eigenvalue weighted by molar-refractivity contribution is 7.80. The Morgan fingerprint density at radius 3 is 2.04 bits per heavy atom. The summed E-state index contributed by atoms with van der Waals surface area (Å²) in [6.07, 6.45) is -0.854. The van der Waals surface area contributed by atoms with Crippen molar-refractivity contribution in [1.29, 1.82) is 0 Å². The fourth-order valence-corrected chi connectivity index (χ4v) is 2.25. The molecule has 0 radical (unpaired) electrons. The minimum Gasteiger partial charge on any atom is -0.508 e. The van der Waals surface area contributed by atoms with Gasteiger partial charge in [-0.2, -0.15) is 12.6 Å². The summed E-state index contributed by atoms with van der Waals surface area (Å²) in [5.41, 5.74) is 6.00. The molecule has 11 heteroatoms. The van der Waals surface area contributed by atoms with E-state index in [1.807, 2.05) is 0 Å². The molecule has 1 rings (SSSR count). The molecule has 0 aliphatic rings. The van der Waals surface area contributed by atoms with Crippen LogP contribution in [0.5, 0.6) is 5.75 Å². The molecule has 0 heterocycles. The third-order valence-corrected chi connectivity index (χ3v) is 3.93. The third-order valence-electron chi connectivity index (χ3n) is 3.54. The molecule has 0 spiro atoms. The SMILES string of the molecule is NC(CS)C(=O)NC(CC(=O)O)C(=O)NC(Cc1ccc(O)cc1)C(=O)O. The molecule has 148 valence electrons. The Labute approximate surface area is 160 Å². The van der Waals surface area contributed by atoms with Crippen LogP contribution in [0.15, 0.2) is 24.3 Å². The maximum atomic E-state index is 12.3. The number of rotatable bonds is 10. The Hall–Kier alpha value is -2.79. The van der Waals surface area contributed by atoms with E-state index in [0.29, 0.717) is 5.56 Å². The fraction of sp³-hybridized carbons (Fsp3) is 0.375. The van der Waals surface area contributed by atoms with Gasteiger partial charge in [-0.1, -0.05) is 12.1 Å². The number of phenolic OH excluding ortho intramolecular Hbond substituents is 1. The van der Waals surface area contributed by atoms with Gasteiger partial charge in [-0.25, -0.2) is 4.79 Å². The molecule has 0 aliphatic carbocycles. The topological polar surface area (TPSA) is 179 Å². The van der Waals surface area contributed by atoms with E-state index in [9.17, 15) is 29.4 Å². The van der Waals surface area contributed by atoms with Crippen LogP contribution < -0.4 is 16.4 Å². The molecule has 0 saturated carbocycles. The molecule has 1 aromatic carbocycles. The lowest BCUT2D eigenvalue weighted by molar-refractivity contribution is -0.143. The lowest BCUT2D eigenvalue weighted by atomic mass is 10.0. The van der Waals surface area contributed by atoms with Gasteiger partial charge < -0.3 is 31.7 Å². The molecule has 2 amide bonds. The first-order chi connectivity index (χ1) is 12.6. The highest BCUT2D eigenvalue weighted by Crippen LogP contribution is 2.11. The maximum absolute atomic E-state index is 12.3. The second-order valence-electron chi connectivity index (χ2n) is 5.72. The molecule has 10 nitrogen and oxygen atoms in total. The van der Waals surface area contributed by atoms with E-state index in [-0.39, 0.29) is 17.9 Å². The van der Waals surface area contributed by atoms with Crippen molar-refractivity contribution >= 4 is 36.4 Å². The van der Waals surface area contributed by atoms with Gasteiger partial charge in [0.1, 0.15) is 17.8 Å². The first-order valence-corrected chi connectivity index (χ1v) is 8.47. The average Bonchev–Trinajstić information content (AvgIpc) is 2.60. The predicted molar refractivity (Wildman–Crippen MR) is 97.4 cm³/mol. The van der Waals surface area contributed by atoms with Gasteiger partial charge in [-0.05, 0) is 17.7 Å². The summed E-state index contributed by atoms with van der Waals surface area (Å²) in [6.45, 7) is 0. The molecule has 7 N–H and O–H groups in total. The summed E-state index contributed by atoms with van der Waals surface area (Å²) in [4.78, 5) is 46.5. The standard InChI is InChI=1S/C16H21N3O7S/c17-10(7-27)14(23)18-11(6-13(21)22)15(24)19-12(16(25)26)5-8-1-3-9(20)4-2-8/h1-4,10-12,20,27H,5-7,17H2,(H,18,23)(H,19,24)(H,21,22)(H,25,26). The highest BCUT2D eigenvalue weighted by Gasteiger charge is 2.29. The Balaban J connectivity index is 2.87. The predicted octanol–water partition coefficient (Wildman–Crippen LogP) is -1.28. The number of phenols is 1. The van der Waals surface area contributed by atoms with Crippen LogP contribution >= 0.6 is 12.6 Å². The number of nitrogens with one attached hydrogen (secondary N) is 2. The quantitative estimate of drug-likeness (QED) is 0.238. The maximum Gasteiger partial charge on any atom is 0.326 e. The number of aliphatic carboxylic acids is 2. The molecular weight excluding hydrogens is 378 g/mol. The number of hydrogen-bond donors (Lipinski definition) is 7. The second kappa shape index (κ2) is 10.4. The van der Waals surface area contributed by atoms with Crippen LogP contribution in [0.4, 0.5) is 0 Å². The molecule has 27 heavy (non-hydrogen) atoms. The van der Waals surface area contributed by atoms with E-state index in [1.54, 1.807) is 0 Å². The summed E-state index contributed by atoms with van der Waals surface area (Å²) in [6, 6.07) is 1.78. The molecule has 0 saturated heterocycles. The number of carboxylic acids is 2. The van der Waals surface area contributed by atoms with Gasteiger partial charge >= 0.3 is 11.9 Å². The third kappa shape index (κ3) is 7.54. The highest BCUT2D eigenvalue weighted by atomic mass is 32.1. The largest absolute Gasteiger partial charge is 0.508 e. The molecule has 3 unspecified atom stereocenters. The number of thiol groups is 1. The lowest BCUT2D eigenvalue weighted by Gasteiger charge is -2.21. The molecule has 1 aromatic rings. The Morgan fingerprint density at radius 1 is 1.00 bits per heavy atom. The average molecular weight is 399 g/mol. The summed E-state index contributed by atoms with van der Waals surface area (Å²) in [7, 11) is 0. The van der Waals surface area contributed by atoms with Crippen LogP contribution in [-0.4, -0.2) is 63.0 Å². The first-order valence-electron chi connectivity index (χ1n) is 7.83. The van der Waals surface area contributed by atoms with Crippen molar-refractivity contribution in [2.75, 3.05) is 5.75 Å². The van der Waals surface area contributed by atoms with Crippen LogP contribution in [0.1, 0.15) is 12.0 Å². The van der Waals surface area contributed by atoms with Crippen LogP contribution in [0.2, 0.25) is 0 Å². The van der Waals surface area contributed by atoms with Crippen LogP contribution in [0, 0.1) is 0 Å². The van der Waals surface area contributed by atoms with Crippen molar-refractivity contribution in [2.24, 2.45) is 5.73 Å². The summed E-state index contributed by atoms with van der Waals surface area (Å²) < 4.78 is 0. The van der Waals surface area contributed by atoms with Crippen molar-refractivity contribution in [3.8, 4) is 5.75 Å². The van der Waals surface area contributed by atoms with Crippen molar-refractivity contribution < 1.29 is 34.5 Å². The molecule has 0 bridgehead atoms. The Kier molecular flexibility index (Phi) is 8.56. The zero-order chi connectivity index (χ0) is 20.6. The number of carboxylic acid groups (broad SMARTS) is 2. The molecule has 0 aromatic heterocycles. The normalized spacial score (nSPS) is 13.9. The van der Waals surface area contributed by atoms with Crippen molar-refractivity contribution in [2.45, 2.75) is 31.0 Å². The van der Waals surface area contributed by atoms with Gasteiger partial charge in [0.25, 0.3) is 0 Å². The minimum atomic E-state index is -1.50. The van der Waals surface area contributed by atoms with Gasteiger partial charge in [0.05, 0.1) is 12.5 Å². The number of hydrogen-bond acceptors (Lipinski definition) is 7. The van der Waals surface area contributed by atoms with Crippen LogP contribution in [0.3, 0.4) is 0 Å². The zero-order valence-corrected chi connectivity index (χ0v) is 15.1.